The highest BCUT2D eigenvalue weighted by atomic mass is 19.1. The van der Waals surface area contributed by atoms with Crippen LogP contribution in [0.15, 0.2) is 24.3 Å². The average Bonchev–Trinajstić information content (AvgIpc) is 2.48. The third-order valence-corrected chi connectivity index (χ3v) is 3.30. The molecule has 1 atom stereocenters. The van der Waals surface area contributed by atoms with Crippen molar-refractivity contribution in [3.05, 3.63) is 35.6 Å². The predicted molar refractivity (Wildman–Crippen MR) is 78.2 cm³/mol. The number of amides is 1. The van der Waals surface area contributed by atoms with E-state index in [9.17, 15) is 14.0 Å². The Morgan fingerprint density at radius 3 is 2.19 bits per heavy atom. The van der Waals surface area contributed by atoms with E-state index in [1.54, 1.807) is 24.0 Å². The molecule has 0 aliphatic carbocycles. The molecule has 0 aromatic heterocycles. The van der Waals surface area contributed by atoms with Crippen LogP contribution in [0.25, 0.3) is 0 Å². The van der Waals surface area contributed by atoms with Crippen molar-refractivity contribution in [2.45, 2.75) is 27.2 Å². The molecule has 1 aromatic carbocycles. The van der Waals surface area contributed by atoms with Crippen molar-refractivity contribution in [1.29, 1.82) is 0 Å². The van der Waals surface area contributed by atoms with Crippen molar-refractivity contribution in [1.82, 2.24) is 4.90 Å². The highest BCUT2D eigenvalue weighted by Crippen LogP contribution is 2.15. The van der Waals surface area contributed by atoms with Gasteiger partial charge in [0, 0.05) is 13.1 Å². The van der Waals surface area contributed by atoms with E-state index in [0.29, 0.717) is 13.1 Å². The van der Waals surface area contributed by atoms with Gasteiger partial charge in [-0.15, -0.1) is 0 Å². The average molecular weight is 295 g/mol. The first kappa shape index (κ1) is 17.1. The number of carbonyl (C=O) groups is 2. The molecule has 0 radical (unpaired) electrons. The van der Waals surface area contributed by atoms with Gasteiger partial charge in [0.05, 0.1) is 6.61 Å². The number of rotatable bonds is 7. The SMILES string of the molecule is CCOC(=O)C(Cc1ccc(F)cc1)C(=O)N(CC)CC. The van der Waals surface area contributed by atoms with Crippen LogP contribution in [0.5, 0.6) is 0 Å². The number of benzene rings is 1. The topological polar surface area (TPSA) is 46.6 Å². The third kappa shape index (κ3) is 4.85. The summed E-state index contributed by atoms with van der Waals surface area (Å²) in [5, 5.41) is 0. The van der Waals surface area contributed by atoms with E-state index < -0.39 is 11.9 Å². The quantitative estimate of drug-likeness (QED) is 0.573. The van der Waals surface area contributed by atoms with Crippen LogP contribution in [0.2, 0.25) is 0 Å². The number of hydrogen-bond acceptors (Lipinski definition) is 3. The lowest BCUT2D eigenvalue weighted by molar-refractivity contribution is -0.155. The maximum absolute atomic E-state index is 12.9. The minimum absolute atomic E-state index is 0.217. The Labute approximate surface area is 124 Å². The Morgan fingerprint density at radius 2 is 1.71 bits per heavy atom. The second-order valence-electron chi connectivity index (χ2n) is 4.65. The minimum atomic E-state index is -0.879. The lowest BCUT2D eigenvalue weighted by Gasteiger charge is -2.24. The van der Waals surface area contributed by atoms with Gasteiger partial charge < -0.3 is 9.64 Å². The maximum atomic E-state index is 12.9. The number of halogens is 1. The summed E-state index contributed by atoms with van der Waals surface area (Å²) in [6.45, 7) is 6.73. The fourth-order valence-corrected chi connectivity index (χ4v) is 2.13. The first-order chi connectivity index (χ1) is 10.0. The molecule has 116 valence electrons. The summed E-state index contributed by atoms with van der Waals surface area (Å²) in [6, 6.07) is 5.80. The molecular weight excluding hydrogens is 273 g/mol. The van der Waals surface area contributed by atoms with Crippen LogP contribution in [0.1, 0.15) is 26.3 Å². The van der Waals surface area contributed by atoms with Crippen LogP contribution < -0.4 is 0 Å². The molecule has 0 saturated heterocycles. The lowest BCUT2D eigenvalue weighted by atomic mass is 9.97. The van der Waals surface area contributed by atoms with E-state index in [4.69, 9.17) is 4.74 Å². The van der Waals surface area contributed by atoms with E-state index in [-0.39, 0.29) is 24.8 Å². The molecule has 1 rings (SSSR count). The molecule has 0 heterocycles. The van der Waals surface area contributed by atoms with Crippen LogP contribution in [0.3, 0.4) is 0 Å². The van der Waals surface area contributed by atoms with Crippen LogP contribution in [0, 0.1) is 11.7 Å². The molecule has 1 unspecified atom stereocenters. The van der Waals surface area contributed by atoms with Gasteiger partial charge in [0.25, 0.3) is 0 Å². The summed E-state index contributed by atoms with van der Waals surface area (Å²) >= 11 is 0. The van der Waals surface area contributed by atoms with E-state index >= 15 is 0 Å². The molecular formula is C16H22FNO3. The fraction of sp³-hybridized carbons (Fsp3) is 0.500. The summed E-state index contributed by atoms with van der Waals surface area (Å²) in [7, 11) is 0. The number of nitrogens with zero attached hydrogens (tertiary/aromatic N) is 1. The largest absolute Gasteiger partial charge is 0.465 e. The zero-order chi connectivity index (χ0) is 15.8. The monoisotopic (exact) mass is 295 g/mol. The van der Waals surface area contributed by atoms with Crippen LogP contribution in [-0.4, -0.2) is 36.5 Å². The van der Waals surface area contributed by atoms with Gasteiger partial charge in [0.1, 0.15) is 11.7 Å². The van der Waals surface area contributed by atoms with Crippen molar-refractivity contribution in [2.24, 2.45) is 5.92 Å². The summed E-state index contributed by atoms with van der Waals surface area (Å²) in [5.41, 5.74) is 0.731. The third-order valence-electron chi connectivity index (χ3n) is 3.30. The number of esters is 1. The van der Waals surface area contributed by atoms with Crippen molar-refractivity contribution < 1.29 is 18.7 Å². The summed E-state index contributed by atoms with van der Waals surface area (Å²) in [4.78, 5) is 26.1. The van der Waals surface area contributed by atoms with Crippen molar-refractivity contribution in [3.63, 3.8) is 0 Å². The fourth-order valence-electron chi connectivity index (χ4n) is 2.13. The Balaban J connectivity index is 2.93. The van der Waals surface area contributed by atoms with Crippen molar-refractivity contribution in [2.75, 3.05) is 19.7 Å². The minimum Gasteiger partial charge on any atom is -0.465 e. The smallest absolute Gasteiger partial charge is 0.318 e. The Kier molecular flexibility index (Phi) is 6.85. The van der Waals surface area contributed by atoms with E-state index in [2.05, 4.69) is 0 Å². The zero-order valence-electron chi connectivity index (χ0n) is 12.8. The van der Waals surface area contributed by atoms with Crippen LogP contribution >= 0.6 is 0 Å². The number of carbonyl (C=O) groups excluding carboxylic acids is 2. The molecule has 0 N–H and O–H groups in total. The van der Waals surface area contributed by atoms with Gasteiger partial charge in [0.15, 0.2) is 0 Å². The van der Waals surface area contributed by atoms with E-state index in [1.807, 2.05) is 13.8 Å². The Morgan fingerprint density at radius 1 is 1.14 bits per heavy atom. The molecule has 5 heteroatoms. The molecule has 0 spiro atoms. The Hall–Kier alpha value is -1.91. The highest BCUT2D eigenvalue weighted by Gasteiger charge is 2.31. The summed E-state index contributed by atoms with van der Waals surface area (Å²) < 4.78 is 17.9. The molecule has 0 aliphatic rings. The molecule has 0 saturated carbocycles. The molecule has 0 bridgehead atoms. The van der Waals surface area contributed by atoms with Crippen LogP contribution in [0.4, 0.5) is 4.39 Å². The van der Waals surface area contributed by atoms with Gasteiger partial charge in [0.2, 0.25) is 5.91 Å². The van der Waals surface area contributed by atoms with Gasteiger partial charge >= 0.3 is 5.97 Å². The van der Waals surface area contributed by atoms with Gasteiger partial charge in [-0.25, -0.2) is 4.39 Å². The highest BCUT2D eigenvalue weighted by molar-refractivity contribution is 5.98. The number of hydrogen-bond donors (Lipinski definition) is 0. The van der Waals surface area contributed by atoms with Gasteiger partial charge in [-0.05, 0) is 44.9 Å². The number of ether oxygens (including phenoxy) is 1. The summed E-state index contributed by atoms with van der Waals surface area (Å²) in [5.74, 6) is -2.00. The second kappa shape index (κ2) is 8.39. The van der Waals surface area contributed by atoms with Crippen molar-refractivity contribution in [3.8, 4) is 0 Å². The standard InChI is InChI=1S/C16H22FNO3/c1-4-18(5-2)15(19)14(16(20)21-6-3)11-12-7-9-13(17)10-8-12/h7-10,14H,4-6,11H2,1-3H3. The zero-order valence-corrected chi connectivity index (χ0v) is 12.8. The molecule has 1 amide bonds. The maximum Gasteiger partial charge on any atom is 0.318 e. The molecule has 4 nitrogen and oxygen atoms in total. The normalized spacial score (nSPS) is 11.8. The summed E-state index contributed by atoms with van der Waals surface area (Å²) in [6.07, 6.45) is 0.217. The first-order valence-electron chi connectivity index (χ1n) is 7.23. The van der Waals surface area contributed by atoms with E-state index in [1.165, 1.54) is 12.1 Å². The van der Waals surface area contributed by atoms with Gasteiger partial charge in [-0.3, -0.25) is 9.59 Å². The molecule has 21 heavy (non-hydrogen) atoms. The van der Waals surface area contributed by atoms with Gasteiger partial charge in [-0.2, -0.15) is 0 Å². The Bertz CT molecular complexity index is 469. The molecule has 0 aliphatic heterocycles. The lowest BCUT2D eigenvalue weighted by Crippen LogP contribution is -2.41. The molecule has 0 fully saturated rings. The predicted octanol–water partition coefficient (Wildman–Crippen LogP) is 2.42. The van der Waals surface area contributed by atoms with Crippen molar-refractivity contribution >= 4 is 11.9 Å². The molecule has 1 aromatic rings. The van der Waals surface area contributed by atoms with Gasteiger partial charge in [-0.1, -0.05) is 12.1 Å². The van der Waals surface area contributed by atoms with Crippen LogP contribution in [-0.2, 0) is 20.7 Å². The van der Waals surface area contributed by atoms with E-state index in [0.717, 1.165) is 5.56 Å². The second-order valence-corrected chi connectivity index (χ2v) is 4.65. The first-order valence-corrected chi connectivity index (χ1v) is 7.23.